The number of carbonyl (C=O) groups is 1. The highest BCUT2D eigenvalue weighted by molar-refractivity contribution is 5.94. The zero-order valence-electron chi connectivity index (χ0n) is 18.3. The van der Waals surface area contributed by atoms with Gasteiger partial charge in [-0.15, -0.1) is 0 Å². The third-order valence-electron chi connectivity index (χ3n) is 5.77. The molecule has 0 unspecified atom stereocenters. The molecule has 2 aromatic carbocycles. The van der Waals surface area contributed by atoms with Gasteiger partial charge in [0, 0.05) is 12.2 Å². The predicted octanol–water partition coefficient (Wildman–Crippen LogP) is 4.84. The second-order valence-electron chi connectivity index (χ2n) is 8.22. The van der Waals surface area contributed by atoms with Crippen molar-refractivity contribution in [2.75, 3.05) is 25.0 Å². The summed E-state index contributed by atoms with van der Waals surface area (Å²) >= 11 is 0. The van der Waals surface area contributed by atoms with Crippen molar-refractivity contribution in [3.63, 3.8) is 0 Å². The molecule has 4 rings (SSSR count). The monoisotopic (exact) mass is 420 g/mol. The molecule has 1 aliphatic rings. The van der Waals surface area contributed by atoms with Gasteiger partial charge >= 0.3 is 0 Å². The van der Waals surface area contributed by atoms with Gasteiger partial charge in [0.1, 0.15) is 11.6 Å². The van der Waals surface area contributed by atoms with Crippen molar-refractivity contribution >= 4 is 22.6 Å². The lowest BCUT2D eigenvalue weighted by atomic mass is 10.1. The number of rotatable bonds is 9. The summed E-state index contributed by atoms with van der Waals surface area (Å²) in [5, 5.41) is 2.93. The number of piperidine rings is 1. The predicted molar refractivity (Wildman–Crippen MR) is 124 cm³/mol. The number of aromatic nitrogens is 2. The Kier molecular flexibility index (Phi) is 7.20. The summed E-state index contributed by atoms with van der Waals surface area (Å²) in [7, 11) is 0. The SMILES string of the molecule is CCCCn1c(CN2CCCCC2)nc2cc(NC(=O)COc3ccccc3)ccc21. The summed E-state index contributed by atoms with van der Waals surface area (Å²) < 4.78 is 7.90. The van der Waals surface area contributed by atoms with Gasteiger partial charge in [-0.2, -0.15) is 0 Å². The molecular formula is C25H32N4O2. The number of hydrogen-bond acceptors (Lipinski definition) is 4. The van der Waals surface area contributed by atoms with Crippen LogP contribution < -0.4 is 10.1 Å². The largest absolute Gasteiger partial charge is 0.484 e. The molecule has 1 aromatic heterocycles. The van der Waals surface area contributed by atoms with E-state index in [1.807, 2.05) is 42.5 Å². The van der Waals surface area contributed by atoms with Crippen molar-refractivity contribution in [2.24, 2.45) is 0 Å². The second-order valence-corrected chi connectivity index (χ2v) is 8.22. The Morgan fingerprint density at radius 2 is 1.90 bits per heavy atom. The van der Waals surface area contributed by atoms with E-state index in [-0.39, 0.29) is 12.5 Å². The molecule has 1 aliphatic heterocycles. The molecule has 1 amide bonds. The van der Waals surface area contributed by atoms with Crippen molar-refractivity contribution in [3.05, 3.63) is 54.4 Å². The first-order chi connectivity index (χ1) is 15.2. The zero-order chi connectivity index (χ0) is 21.5. The van der Waals surface area contributed by atoms with Crippen molar-refractivity contribution in [1.29, 1.82) is 0 Å². The van der Waals surface area contributed by atoms with Crippen LogP contribution in [-0.2, 0) is 17.9 Å². The molecule has 1 fully saturated rings. The van der Waals surface area contributed by atoms with Crippen LogP contribution in [-0.4, -0.2) is 40.1 Å². The van der Waals surface area contributed by atoms with Gasteiger partial charge in [-0.25, -0.2) is 4.98 Å². The molecule has 0 radical (unpaired) electrons. The first-order valence-corrected chi connectivity index (χ1v) is 11.4. The standard InChI is InChI=1S/C25H32N4O2/c1-2-3-16-29-23-13-12-20(26-25(30)19-31-21-10-6-4-7-11-21)17-22(23)27-24(29)18-28-14-8-5-9-15-28/h4,6-7,10-13,17H,2-3,5,8-9,14-16,18-19H2,1H3,(H,26,30). The molecular weight excluding hydrogens is 388 g/mol. The topological polar surface area (TPSA) is 59.4 Å². The molecule has 1 N–H and O–H groups in total. The highest BCUT2D eigenvalue weighted by Gasteiger charge is 2.17. The molecule has 31 heavy (non-hydrogen) atoms. The fourth-order valence-electron chi connectivity index (χ4n) is 4.12. The van der Waals surface area contributed by atoms with E-state index in [0.717, 1.165) is 61.6 Å². The lowest BCUT2D eigenvalue weighted by molar-refractivity contribution is -0.118. The number of para-hydroxylation sites is 1. The van der Waals surface area contributed by atoms with E-state index in [4.69, 9.17) is 9.72 Å². The first kappa shape index (κ1) is 21.4. The molecule has 0 saturated carbocycles. The van der Waals surface area contributed by atoms with E-state index >= 15 is 0 Å². The van der Waals surface area contributed by atoms with E-state index in [1.54, 1.807) is 0 Å². The third-order valence-corrected chi connectivity index (χ3v) is 5.77. The summed E-state index contributed by atoms with van der Waals surface area (Å²) in [6.07, 6.45) is 6.17. The molecule has 0 bridgehead atoms. The van der Waals surface area contributed by atoms with Gasteiger partial charge in [-0.3, -0.25) is 9.69 Å². The maximum Gasteiger partial charge on any atom is 0.262 e. The molecule has 0 aliphatic carbocycles. The number of amides is 1. The summed E-state index contributed by atoms with van der Waals surface area (Å²) in [5.41, 5.74) is 2.82. The smallest absolute Gasteiger partial charge is 0.262 e. The molecule has 164 valence electrons. The second kappa shape index (κ2) is 10.4. The van der Waals surface area contributed by atoms with Crippen LogP contribution in [0.3, 0.4) is 0 Å². The number of nitrogens with zero attached hydrogens (tertiary/aromatic N) is 3. The van der Waals surface area contributed by atoms with Crippen LogP contribution in [0.5, 0.6) is 5.75 Å². The van der Waals surface area contributed by atoms with E-state index in [2.05, 4.69) is 27.8 Å². The highest BCUT2D eigenvalue weighted by atomic mass is 16.5. The van der Waals surface area contributed by atoms with Gasteiger partial charge in [0.15, 0.2) is 6.61 Å². The molecule has 6 heteroatoms. The van der Waals surface area contributed by atoms with Gasteiger partial charge in [0.25, 0.3) is 5.91 Å². The Morgan fingerprint density at radius 3 is 2.68 bits per heavy atom. The summed E-state index contributed by atoms with van der Waals surface area (Å²) in [5.74, 6) is 1.63. The van der Waals surface area contributed by atoms with Gasteiger partial charge in [0.2, 0.25) is 0 Å². The average Bonchev–Trinajstić information content (AvgIpc) is 3.13. The summed E-state index contributed by atoms with van der Waals surface area (Å²) in [4.78, 5) is 19.8. The van der Waals surface area contributed by atoms with Crippen LogP contribution in [0.25, 0.3) is 11.0 Å². The van der Waals surface area contributed by atoms with Crippen LogP contribution in [0.1, 0.15) is 44.9 Å². The third kappa shape index (κ3) is 5.64. The number of carbonyl (C=O) groups excluding carboxylic acids is 1. The molecule has 0 atom stereocenters. The minimum atomic E-state index is -0.179. The van der Waals surface area contributed by atoms with E-state index < -0.39 is 0 Å². The molecule has 6 nitrogen and oxygen atoms in total. The Bertz CT molecular complexity index is 993. The number of hydrogen-bond donors (Lipinski definition) is 1. The lowest BCUT2D eigenvalue weighted by Crippen LogP contribution is -2.30. The Labute approximate surface area is 184 Å². The number of fused-ring (bicyclic) bond motifs is 1. The van der Waals surface area contributed by atoms with Crippen LogP contribution in [0.2, 0.25) is 0 Å². The minimum absolute atomic E-state index is 0.0206. The molecule has 1 saturated heterocycles. The molecule has 3 aromatic rings. The van der Waals surface area contributed by atoms with Crippen LogP contribution in [0.15, 0.2) is 48.5 Å². The Hall–Kier alpha value is -2.86. The highest BCUT2D eigenvalue weighted by Crippen LogP contribution is 2.23. The fraction of sp³-hybridized carbons (Fsp3) is 0.440. The zero-order valence-corrected chi connectivity index (χ0v) is 18.3. The van der Waals surface area contributed by atoms with Gasteiger partial charge < -0.3 is 14.6 Å². The van der Waals surface area contributed by atoms with Crippen LogP contribution in [0, 0.1) is 0 Å². The normalized spacial score (nSPS) is 14.6. The summed E-state index contributed by atoms with van der Waals surface area (Å²) in [6, 6.07) is 15.4. The number of unbranched alkanes of at least 4 members (excludes halogenated alkanes) is 1. The van der Waals surface area contributed by atoms with Crippen molar-refractivity contribution in [3.8, 4) is 5.75 Å². The van der Waals surface area contributed by atoms with Crippen molar-refractivity contribution in [1.82, 2.24) is 14.5 Å². The average molecular weight is 421 g/mol. The van der Waals surface area contributed by atoms with Gasteiger partial charge in [-0.1, -0.05) is 38.0 Å². The number of nitrogens with one attached hydrogen (secondary N) is 1. The quantitative estimate of drug-likeness (QED) is 0.538. The first-order valence-electron chi connectivity index (χ1n) is 11.4. The van der Waals surface area contributed by atoms with Crippen LogP contribution in [0.4, 0.5) is 5.69 Å². The molecule has 2 heterocycles. The van der Waals surface area contributed by atoms with E-state index in [1.165, 1.54) is 19.3 Å². The maximum absolute atomic E-state index is 12.3. The number of imidazole rings is 1. The number of anilines is 1. The Morgan fingerprint density at radius 1 is 1.10 bits per heavy atom. The fourth-order valence-corrected chi connectivity index (χ4v) is 4.12. The number of likely N-dealkylation sites (tertiary alicyclic amines) is 1. The van der Waals surface area contributed by atoms with E-state index in [9.17, 15) is 4.79 Å². The summed E-state index contributed by atoms with van der Waals surface area (Å²) in [6.45, 7) is 6.37. The van der Waals surface area contributed by atoms with Gasteiger partial charge in [0.05, 0.1) is 17.6 Å². The van der Waals surface area contributed by atoms with Crippen molar-refractivity contribution in [2.45, 2.75) is 52.1 Å². The van der Waals surface area contributed by atoms with Crippen molar-refractivity contribution < 1.29 is 9.53 Å². The molecule has 0 spiro atoms. The number of ether oxygens (including phenoxy) is 1. The van der Waals surface area contributed by atoms with E-state index in [0.29, 0.717) is 5.75 Å². The number of benzene rings is 2. The lowest BCUT2D eigenvalue weighted by Gasteiger charge is -2.26. The number of aryl methyl sites for hydroxylation is 1. The van der Waals surface area contributed by atoms with Crippen LogP contribution >= 0.6 is 0 Å². The maximum atomic E-state index is 12.3. The minimum Gasteiger partial charge on any atom is -0.484 e. The van der Waals surface area contributed by atoms with Gasteiger partial charge in [-0.05, 0) is 62.7 Å². The Balaban J connectivity index is 1.47.